The van der Waals surface area contributed by atoms with Crippen LogP contribution < -0.4 is 5.73 Å². The van der Waals surface area contributed by atoms with E-state index in [4.69, 9.17) is 10.5 Å². The van der Waals surface area contributed by atoms with Gasteiger partial charge in [0.2, 0.25) is 0 Å². The van der Waals surface area contributed by atoms with Gasteiger partial charge < -0.3 is 15.0 Å². The van der Waals surface area contributed by atoms with Gasteiger partial charge >= 0.3 is 0 Å². The van der Waals surface area contributed by atoms with Gasteiger partial charge in [0.05, 0.1) is 12.6 Å². The molecule has 2 heterocycles. The van der Waals surface area contributed by atoms with E-state index < -0.39 is 0 Å². The SMILES string of the molecule is CC(C)Cn1c(CN)nnc1C1CCOC1C. The smallest absolute Gasteiger partial charge is 0.146 e. The molecule has 2 unspecified atom stereocenters. The first-order chi connectivity index (χ1) is 8.13. The summed E-state index contributed by atoms with van der Waals surface area (Å²) < 4.78 is 7.79. The van der Waals surface area contributed by atoms with Crippen molar-refractivity contribution >= 4 is 0 Å². The maximum Gasteiger partial charge on any atom is 0.146 e. The topological polar surface area (TPSA) is 66.0 Å². The maximum absolute atomic E-state index is 5.72. The van der Waals surface area contributed by atoms with Crippen LogP contribution in [0.5, 0.6) is 0 Å². The van der Waals surface area contributed by atoms with Crippen molar-refractivity contribution in [3.05, 3.63) is 11.6 Å². The summed E-state index contributed by atoms with van der Waals surface area (Å²) >= 11 is 0. The maximum atomic E-state index is 5.72. The number of hydrogen-bond donors (Lipinski definition) is 1. The molecule has 0 aliphatic carbocycles. The summed E-state index contributed by atoms with van der Waals surface area (Å²) in [7, 11) is 0. The second kappa shape index (κ2) is 5.14. The fourth-order valence-electron chi connectivity index (χ4n) is 2.41. The fraction of sp³-hybridized carbons (Fsp3) is 0.833. The quantitative estimate of drug-likeness (QED) is 0.858. The Hall–Kier alpha value is -0.940. The average Bonchev–Trinajstić information content (AvgIpc) is 2.84. The van der Waals surface area contributed by atoms with Crippen LogP contribution in [0.2, 0.25) is 0 Å². The molecule has 2 N–H and O–H groups in total. The van der Waals surface area contributed by atoms with Crippen LogP contribution in [-0.2, 0) is 17.8 Å². The zero-order valence-corrected chi connectivity index (χ0v) is 10.9. The molecule has 5 heteroatoms. The first kappa shape index (κ1) is 12.5. The Morgan fingerprint density at radius 1 is 1.47 bits per heavy atom. The van der Waals surface area contributed by atoms with Gasteiger partial charge in [-0.2, -0.15) is 0 Å². The third kappa shape index (κ3) is 2.50. The first-order valence-corrected chi connectivity index (χ1v) is 6.37. The molecule has 0 bridgehead atoms. The first-order valence-electron chi connectivity index (χ1n) is 6.37. The molecule has 0 radical (unpaired) electrons. The van der Waals surface area contributed by atoms with Crippen LogP contribution in [0.1, 0.15) is 44.8 Å². The Kier molecular flexibility index (Phi) is 3.79. The fourth-order valence-corrected chi connectivity index (χ4v) is 2.41. The molecular weight excluding hydrogens is 216 g/mol. The Balaban J connectivity index is 2.29. The van der Waals surface area contributed by atoms with Crippen molar-refractivity contribution in [1.29, 1.82) is 0 Å². The number of nitrogens with zero attached hydrogens (tertiary/aromatic N) is 3. The van der Waals surface area contributed by atoms with Gasteiger partial charge in [-0.1, -0.05) is 13.8 Å². The van der Waals surface area contributed by atoms with Gasteiger partial charge in [0.1, 0.15) is 11.6 Å². The van der Waals surface area contributed by atoms with E-state index in [1.807, 2.05) is 0 Å². The van der Waals surface area contributed by atoms with Crippen molar-refractivity contribution in [2.24, 2.45) is 11.7 Å². The Morgan fingerprint density at radius 3 is 2.76 bits per heavy atom. The standard InChI is InChI=1S/C12H22N4O/c1-8(2)7-16-11(6-13)14-15-12(16)10-4-5-17-9(10)3/h8-10H,4-7,13H2,1-3H3. The summed E-state index contributed by atoms with van der Waals surface area (Å²) in [4.78, 5) is 0. The minimum Gasteiger partial charge on any atom is -0.378 e. The molecule has 1 aromatic heterocycles. The molecule has 1 fully saturated rings. The summed E-state index contributed by atoms with van der Waals surface area (Å²) in [5.41, 5.74) is 5.72. The van der Waals surface area contributed by atoms with Crippen LogP contribution in [0.15, 0.2) is 0 Å². The Bertz CT molecular complexity index is 375. The second-order valence-electron chi connectivity index (χ2n) is 5.15. The number of aromatic nitrogens is 3. The van der Waals surface area contributed by atoms with E-state index in [1.165, 1.54) is 0 Å². The third-order valence-electron chi connectivity index (χ3n) is 3.29. The molecule has 2 atom stereocenters. The zero-order chi connectivity index (χ0) is 12.4. The highest BCUT2D eigenvalue weighted by molar-refractivity contribution is 5.06. The highest BCUT2D eigenvalue weighted by atomic mass is 16.5. The minimum absolute atomic E-state index is 0.232. The highest BCUT2D eigenvalue weighted by Gasteiger charge is 2.31. The van der Waals surface area contributed by atoms with Gasteiger partial charge in [-0.3, -0.25) is 0 Å². The largest absolute Gasteiger partial charge is 0.378 e. The van der Waals surface area contributed by atoms with Crippen molar-refractivity contribution in [3.63, 3.8) is 0 Å². The van der Waals surface area contributed by atoms with Crippen molar-refractivity contribution in [1.82, 2.24) is 14.8 Å². The molecule has 17 heavy (non-hydrogen) atoms. The number of nitrogens with two attached hydrogens (primary N) is 1. The molecule has 1 saturated heterocycles. The van der Waals surface area contributed by atoms with Gasteiger partial charge in [-0.05, 0) is 19.3 Å². The van der Waals surface area contributed by atoms with Crippen LogP contribution in [0.3, 0.4) is 0 Å². The number of hydrogen-bond acceptors (Lipinski definition) is 4. The highest BCUT2D eigenvalue weighted by Crippen LogP contribution is 2.30. The van der Waals surface area contributed by atoms with Crippen LogP contribution in [-0.4, -0.2) is 27.5 Å². The molecule has 5 nitrogen and oxygen atoms in total. The van der Waals surface area contributed by atoms with Gasteiger partial charge in [-0.25, -0.2) is 0 Å². The zero-order valence-electron chi connectivity index (χ0n) is 10.9. The predicted octanol–water partition coefficient (Wildman–Crippen LogP) is 1.29. The molecular formula is C12H22N4O. The lowest BCUT2D eigenvalue weighted by Crippen LogP contribution is -2.19. The van der Waals surface area contributed by atoms with Crippen LogP contribution in [0.25, 0.3) is 0 Å². The summed E-state index contributed by atoms with van der Waals surface area (Å²) in [5.74, 6) is 2.85. The third-order valence-corrected chi connectivity index (χ3v) is 3.29. The van der Waals surface area contributed by atoms with Crippen molar-refractivity contribution in [2.75, 3.05) is 6.61 Å². The summed E-state index contributed by atoms with van der Waals surface area (Å²) in [6, 6.07) is 0. The molecule has 2 rings (SSSR count). The van der Waals surface area contributed by atoms with E-state index in [0.29, 0.717) is 18.4 Å². The minimum atomic E-state index is 0.232. The average molecular weight is 238 g/mol. The van der Waals surface area contributed by atoms with Crippen molar-refractivity contribution < 1.29 is 4.74 Å². The van der Waals surface area contributed by atoms with E-state index >= 15 is 0 Å². The van der Waals surface area contributed by atoms with Gasteiger partial charge in [0.25, 0.3) is 0 Å². The summed E-state index contributed by atoms with van der Waals surface area (Å²) in [6.07, 6.45) is 1.26. The molecule has 1 aliphatic heterocycles. The van der Waals surface area contributed by atoms with E-state index in [-0.39, 0.29) is 6.10 Å². The second-order valence-corrected chi connectivity index (χ2v) is 5.15. The van der Waals surface area contributed by atoms with Gasteiger partial charge in [0.15, 0.2) is 0 Å². The van der Waals surface area contributed by atoms with Crippen LogP contribution in [0.4, 0.5) is 0 Å². The summed E-state index contributed by atoms with van der Waals surface area (Å²) in [6.45, 7) is 8.68. The van der Waals surface area contributed by atoms with E-state index in [2.05, 4.69) is 35.5 Å². The molecule has 1 aliphatic rings. The lowest BCUT2D eigenvalue weighted by Gasteiger charge is -2.17. The lowest BCUT2D eigenvalue weighted by atomic mass is 10.0. The molecule has 1 aromatic rings. The van der Waals surface area contributed by atoms with Gasteiger partial charge in [-0.15, -0.1) is 10.2 Å². The van der Waals surface area contributed by atoms with E-state index in [1.54, 1.807) is 0 Å². The number of rotatable bonds is 4. The van der Waals surface area contributed by atoms with E-state index in [0.717, 1.165) is 31.2 Å². The molecule has 0 saturated carbocycles. The van der Waals surface area contributed by atoms with Crippen LogP contribution >= 0.6 is 0 Å². The molecule has 96 valence electrons. The lowest BCUT2D eigenvalue weighted by molar-refractivity contribution is 0.116. The molecule has 0 spiro atoms. The van der Waals surface area contributed by atoms with Crippen LogP contribution in [0, 0.1) is 5.92 Å². The van der Waals surface area contributed by atoms with Crippen molar-refractivity contribution in [2.45, 2.75) is 52.3 Å². The monoisotopic (exact) mass is 238 g/mol. The van der Waals surface area contributed by atoms with Gasteiger partial charge in [0, 0.05) is 19.1 Å². The predicted molar refractivity (Wildman–Crippen MR) is 65.5 cm³/mol. The van der Waals surface area contributed by atoms with E-state index in [9.17, 15) is 0 Å². The van der Waals surface area contributed by atoms with Crippen molar-refractivity contribution in [3.8, 4) is 0 Å². The molecule has 0 aromatic carbocycles. The molecule has 0 amide bonds. The number of ether oxygens (including phenoxy) is 1. The normalized spacial score (nSPS) is 24.8. The summed E-state index contributed by atoms with van der Waals surface area (Å²) in [5, 5.41) is 8.52. The Labute approximate surface area is 102 Å². The Morgan fingerprint density at radius 2 is 2.24 bits per heavy atom.